The van der Waals surface area contributed by atoms with E-state index in [1.807, 2.05) is 12.1 Å². The Balaban J connectivity index is 0.846. The van der Waals surface area contributed by atoms with Crippen LogP contribution in [0, 0.1) is 0 Å². The Bertz CT molecular complexity index is 3800. The summed E-state index contributed by atoms with van der Waals surface area (Å²) < 4.78 is 35.2. The zero-order valence-electron chi connectivity index (χ0n) is 36.5. The van der Waals surface area contributed by atoms with Crippen molar-refractivity contribution >= 4 is 121 Å². The summed E-state index contributed by atoms with van der Waals surface area (Å²) in [6.07, 6.45) is 0. The summed E-state index contributed by atoms with van der Waals surface area (Å²) in [6.45, 7) is 0. The Morgan fingerprint density at radius 3 is 0.986 bits per heavy atom. The van der Waals surface area contributed by atoms with Gasteiger partial charge in [-0.15, -0.1) is 31.5 Å². The molecule has 0 radical (unpaired) electrons. The number of benzene rings is 9. The Labute approximate surface area is 405 Å². The van der Waals surface area contributed by atoms with E-state index in [9.17, 15) is 8.42 Å². The Kier molecular flexibility index (Phi) is 8.85. The molecule has 328 valence electrons. The van der Waals surface area contributed by atoms with Gasteiger partial charge in [-0.25, -0.2) is 0 Å². The minimum Gasteiger partial charge on any atom is -0.306 e. The first kappa shape index (κ1) is 39.8. The number of hydrogen-bond donors (Lipinski definition) is 0. The molecule has 0 spiro atoms. The van der Waals surface area contributed by atoms with E-state index < -0.39 is 10.2 Å². The highest BCUT2D eigenvalue weighted by Crippen LogP contribution is 2.57. The quantitative estimate of drug-likeness (QED) is 0.155. The van der Waals surface area contributed by atoms with E-state index in [4.69, 9.17) is 0 Å². The molecule has 8 nitrogen and oxygen atoms in total. The normalized spacial score (nSPS) is 14.1. The molecule has 0 saturated heterocycles. The van der Waals surface area contributed by atoms with Crippen LogP contribution >= 0.6 is 22.7 Å². The van der Waals surface area contributed by atoms with E-state index >= 15 is 0 Å². The predicted octanol–water partition coefficient (Wildman–Crippen LogP) is 15.5. The molecule has 3 aliphatic rings. The summed E-state index contributed by atoms with van der Waals surface area (Å²) in [4.78, 5) is 11.4. The SMILES string of the molecule is O=S1(=O)N=c2c(c3cc(-c4ccc(N5c6ccccc6N(c6ccccc6)c6ccccc65)s4)ccc3c3ccc(-c4ccc(N5c6ccccc6N(c6ccccc6)c6ccccc65)s4)cc23)=N1. The van der Waals surface area contributed by atoms with Crippen LogP contribution in [0.15, 0.2) is 227 Å². The molecule has 9 aromatic carbocycles. The maximum absolute atomic E-state index is 13.3. The number of nitrogens with zero attached hydrogens (tertiary/aromatic N) is 6. The van der Waals surface area contributed by atoms with Crippen molar-refractivity contribution in [2.24, 2.45) is 8.80 Å². The lowest BCUT2D eigenvalue weighted by molar-refractivity contribution is 0.599. The van der Waals surface area contributed by atoms with Crippen LogP contribution in [0.4, 0.5) is 66.9 Å². The third kappa shape index (κ3) is 6.28. The second-order valence-electron chi connectivity index (χ2n) is 17.1. The topological polar surface area (TPSA) is 71.8 Å². The van der Waals surface area contributed by atoms with Crippen molar-refractivity contribution in [3.05, 3.63) is 229 Å². The third-order valence-electron chi connectivity index (χ3n) is 13.2. The summed E-state index contributed by atoms with van der Waals surface area (Å²) in [7, 11) is -4.09. The van der Waals surface area contributed by atoms with Crippen molar-refractivity contribution in [1.82, 2.24) is 0 Å². The lowest BCUT2D eigenvalue weighted by atomic mass is 9.97. The summed E-state index contributed by atoms with van der Waals surface area (Å²) in [5.74, 6) is 0. The molecule has 11 aromatic rings. The van der Waals surface area contributed by atoms with Crippen LogP contribution in [-0.4, -0.2) is 8.42 Å². The summed E-state index contributed by atoms with van der Waals surface area (Å²) in [5.41, 5.74) is 12.8. The fourth-order valence-corrected chi connectivity index (χ4v) is 13.2. The summed E-state index contributed by atoms with van der Waals surface area (Å²) >= 11 is 3.39. The van der Waals surface area contributed by atoms with E-state index in [0.717, 1.165) is 109 Å². The largest absolute Gasteiger partial charge is 0.364 e. The molecule has 2 aromatic heterocycles. The van der Waals surface area contributed by atoms with Crippen molar-refractivity contribution in [2.45, 2.75) is 0 Å². The van der Waals surface area contributed by atoms with Crippen LogP contribution in [0.3, 0.4) is 0 Å². The van der Waals surface area contributed by atoms with Crippen molar-refractivity contribution in [2.75, 3.05) is 19.6 Å². The molecule has 5 heterocycles. The van der Waals surface area contributed by atoms with Gasteiger partial charge in [0, 0.05) is 31.9 Å². The van der Waals surface area contributed by atoms with Crippen LogP contribution in [0.1, 0.15) is 0 Å². The molecule has 3 aliphatic heterocycles. The Morgan fingerprint density at radius 1 is 0.319 bits per heavy atom. The molecule has 11 heteroatoms. The molecule has 14 rings (SSSR count). The second-order valence-corrected chi connectivity index (χ2v) is 20.5. The maximum Gasteiger partial charge on any atom is 0.364 e. The number of fused-ring (bicyclic) bond motifs is 10. The molecule has 0 amide bonds. The van der Waals surface area contributed by atoms with Gasteiger partial charge in [0.2, 0.25) is 0 Å². The number of para-hydroxylation sites is 10. The number of anilines is 12. The second kappa shape index (κ2) is 15.3. The van der Waals surface area contributed by atoms with Gasteiger partial charge in [-0.05, 0) is 131 Å². The fourth-order valence-electron chi connectivity index (χ4n) is 10.2. The highest BCUT2D eigenvalue weighted by atomic mass is 32.2. The van der Waals surface area contributed by atoms with Crippen molar-refractivity contribution < 1.29 is 8.42 Å². The van der Waals surface area contributed by atoms with Crippen LogP contribution in [0.25, 0.3) is 42.4 Å². The predicted molar refractivity (Wildman–Crippen MR) is 285 cm³/mol. The minimum atomic E-state index is -4.09. The fraction of sp³-hybridized carbons (Fsp3) is 0. The van der Waals surface area contributed by atoms with Gasteiger partial charge in [-0.3, -0.25) is 9.80 Å². The van der Waals surface area contributed by atoms with Gasteiger partial charge in [0.05, 0.1) is 45.5 Å². The van der Waals surface area contributed by atoms with Crippen LogP contribution < -0.4 is 30.3 Å². The lowest BCUT2D eigenvalue weighted by Crippen LogP contribution is -2.23. The Hall–Kier alpha value is -8.35. The molecule has 69 heavy (non-hydrogen) atoms. The van der Waals surface area contributed by atoms with Gasteiger partial charge in [-0.1, -0.05) is 109 Å². The lowest BCUT2D eigenvalue weighted by Gasteiger charge is -2.39. The molecule has 0 unspecified atom stereocenters. The monoisotopic (exact) mass is 944 g/mol. The zero-order valence-corrected chi connectivity index (χ0v) is 39.0. The molecule has 0 bridgehead atoms. The first-order valence-corrected chi connectivity index (χ1v) is 25.6. The molecular formula is C58H36N6O2S3. The smallest absolute Gasteiger partial charge is 0.306 e. The summed E-state index contributed by atoms with van der Waals surface area (Å²) in [5, 5.41) is 6.23. The minimum absolute atomic E-state index is 0.379. The standard InChI is InChI=1S/C58H36N6O2S3/c65-69(66)59-57-43-35-37(53-31-33-55(67-53)63-49-23-11-7-19-45(49)61(39-15-3-1-4-16-39)46-20-8-12-24-50(46)63)27-29-41(43)42-30-28-38(36-44(42)58(57)60-69)54-32-34-56(68-54)64-51-25-13-9-21-47(51)62(40-17-5-2-6-18-40)48-22-10-14-26-52(48)64/h1-36H. The van der Waals surface area contributed by atoms with Gasteiger partial charge >= 0.3 is 10.2 Å². The van der Waals surface area contributed by atoms with E-state index in [0.29, 0.717) is 10.7 Å². The maximum atomic E-state index is 13.3. The Morgan fingerprint density at radius 2 is 0.638 bits per heavy atom. The number of thiophene rings is 2. The number of hydrogen-bond acceptors (Lipinski definition) is 8. The van der Waals surface area contributed by atoms with Crippen molar-refractivity contribution in [3.63, 3.8) is 0 Å². The van der Waals surface area contributed by atoms with Gasteiger partial charge in [0.15, 0.2) is 0 Å². The highest BCUT2D eigenvalue weighted by molar-refractivity contribution is 7.88. The first-order valence-electron chi connectivity index (χ1n) is 22.6. The van der Waals surface area contributed by atoms with E-state index in [-0.39, 0.29) is 0 Å². The van der Waals surface area contributed by atoms with Crippen molar-refractivity contribution in [1.29, 1.82) is 0 Å². The van der Waals surface area contributed by atoms with E-state index in [2.05, 4.69) is 235 Å². The molecule has 0 fully saturated rings. The molecule has 0 N–H and O–H groups in total. The van der Waals surface area contributed by atoms with Gasteiger partial charge < -0.3 is 9.80 Å². The molecule has 0 saturated carbocycles. The zero-order chi connectivity index (χ0) is 45.8. The van der Waals surface area contributed by atoms with Crippen LogP contribution in [0.2, 0.25) is 0 Å². The molecule has 0 atom stereocenters. The first-order chi connectivity index (χ1) is 34.0. The summed E-state index contributed by atoms with van der Waals surface area (Å²) in [6, 6.07) is 76.3. The number of rotatable bonds is 6. The van der Waals surface area contributed by atoms with E-state index in [1.165, 1.54) is 0 Å². The van der Waals surface area contributed by atoms with Gasteiger partial charge in [0.25, 0.3) is 0 Å². The van der Waals surface area contributed by atoms with E-state index in [1.54, 1.807) is 22.7 Å². The molecule has 0 aliphatic carbocycles. The average Bonchev–Trinajstić information content (AvgIpc) is 4.17. The van der Waals surface area contributed by atoms with Gasteiger partial charge in [0.1, 0.15) is 20.7 Å². The third-order valence-corrected chi connectivity index (χ3v) is 16.2. The highest BCUT2D eigenvalue weighted by Gasteiger charge is 2.33. The molecular weight excluding hydrogens is 909 g/mol. The van der Waals surface area contributed by atoms with Crippen molar-refractivity contribution in [3.8, 4) is 20.9 Å². The average molecular weight is 945 g/mol. The van der Waals surface area contributed by atoms with Gasteiger partial charge in [-0.2, -0.15) is 8.42 Å². The van der Waals surface area contributed by atoms with Crippen LogP contribution in [0.5, 0.6) is 0 Å². The van der Waals surface area contributed by atoms with Crippen LogP contribution in [-0.2, 0) is 10.2 Å².